The van der Waals surface area contributed by atoms with Crippen LogP contribution < -0.4 is 0 Å². The van der Waals surface area contributed by atoms with Crippen LogP contribution in [0.3, 0.4) is 0 Å². The Hall–Kier alpha value is -4.97. The van der Waals surface area contributed by atoms with Crippen molar-refractivity contribution in [2.75, 3.05) is 13.2 Å². The van der Waals surface area contributed by atoms with Gasteiger partial charge in [0, 0.05) is 19.3 Å². The summed E-state index contributed by atoms with van der Waals surface area (Å²) in [6.45, 7) is 6.23. The Kier molecular flexibility index (Phi) is 51.6. The average Bonchev–Trinajstić information content (AvgIpc) is 3.35. The smallest absolute Gasteiger partial charge is 0.306 e. The van der Waals surface area contributed by atoms with Crippen molar-refractivity contribution in [1.82, 2.24) is 0 Å². The first kappa shape index (κ1) is 64.0. The van der Waals surface area contributed by atoms with Crippen molar-refractivity contribution in [3.63, 3.8) is 0 Å². The van der Waals surface area contributed by atoms with Crippen LogP contribution >= 0.6 is 0 Å². The molecule has 0 aromatic rings. The number of hydrogen-bond acceptors (Lipinski definition) is 6. The van der Waals surface area contributed by atoms with Gasteiger partial charge in [0.25, 0.3) is 0 Å². The van der Waals surface area contributed by atoms with Crippen molar-refractivity contribution in [3.05, 3.63) is 158 Å². The number of hydrogen-bond donors (Lipinski definition) is 0. The fourth-order valence-corrected chi connectivity index (χ4v) is 6.52. The van der Waals surface area contributed by atoms with Crippen molar-refractivity contribution in [1.29, 1.82) is 0 Å². The van der Waals surface area contributed by atoms with Gasteiger partial charge in [-0.3, -0.25) is 14.4 Å². The summed E-state index contributed by atoms with van der Waals surface area (Å²) >= 11 is 0. The van der Waals surface area contributed by atoms with Gasteiger partial charge in [-0.1, -0.05) is 204 Å². The largest absolute Gasteiger partial charge is 0.462 e. The van der Waals surface area contributed by atoms with E-state index in [0.29, 0.717) is 12.8 Å². The summed E-state index contributed by atoms with van der Waals surface area (Å²) in [6, 6.07) is 0. The van der Waals surface area contributed by atoms with Gasteiger partial charge in [-0.25, -0.2) is 0 Å². The average molecular weight is 949 g/mol. The minimum absolute atomic E-state index is 0.140. The van der Waals surface area contributed by atoms with Crippen molar-refractivity contribution >= 4 is 17.9 Å². The summed E-state index contributed by atoms with van der Waals surface area (Å²) in [6.07, 6.45) is 81.0. The Morgan fingerprint density at radius 2 is 0.594 bits per heavy atom. The third kappa shape index (κ3) is 53.8. The summed E-state index contributed by atoms with van der Waals surface area (Å²) in [7, 11) is 0. The molecule has 69 heavy (non-hydrogen) atoms. The highest BCUT2D eigenvalue weighted by molar-refractivity contribution is 5.71. The molecule has 6 nitrogen and oxygen atoms in total. The van der Waals surface area contributed by atoms with Crippen LogP contribution in [-0.2, 0) is 28.6 Å². The molecule has 0 N–H and O–H groups in total. The lowest BCUT2D eigenvalue weighted by Gasteiger charge is -2.18. The van der Waals surface area contributed by atoms with Gasteiger partial charge in [0.2, 0.25) is 0 Å². The van der Waals surface area contributed by atoms with Crippen LogP contribution in [0.5, 0.6) is 0 Å². The summed E-state index contributed by atoms with van der Waals surface area (Å²) in [5.41, 5.74) is 0. The van der Waals surface area contributed by atoms with Gasteiger partial charge < -0.3 is 14.2 Å². The van der Waals surface area contributed by atoms with Crippen molar-refractivity contribution in [3.8, 4) is 0 Å². The van der Waals surface area contributed by atoms with E-state index in [4.69, 9.17) is 14.2 Å². The zero-order chi connectivity index (χ0) is 50.0. The maximum atomic E-state index is 12.8. The fraction of sp³-hybridized carbons (Fsp3) is 0.540. The van der Waals surface area contributed by atoms with Crippen LogP contribution in [0.4, 0.5) is 0 Å². The van der Waals surface area contributed by atoms with Gasteiger partial charge >= 0.3 is 17.9 Å². The molecule has 0 aliphatic rings. The van der Waals surface area contributed by atoms with Gasteiger partial charge in [0.15, 0.2) is 6.10 Å². The standard InChI is InChI=1S/C63H96O6/c1-4-7-10-13-16-19-22-25-28-30-31-33-35-38-41-44-47-50-53-56-62(65)68-59-60(58-67-61(64)55-52-49-46-43-40-37-34-27-24-21-18-15-12-9-6-3)69-63(66)57-54-51-48-45-42-39-36-32-29-26-23-20-17-14-11-8-5-2/h7,9-10,12,16-21,25-29,31,33-34,36,38-41,43,47,50,60H,4-6,8,11,13-15,22-24,30,32,35,37,42,44-46,48-49,51-59H2,1-3H3/b10-7-,12-9-,19-16-,20-17-,21-18-,28-25-,29-26-,33-31-,34-27-,39-36-,41-38-,43-40-,50-47-/t60-/m1/s1. The van der Waals surface area contributed by atoms with E-state index in [9.17, 15) is 14.4 Å². The molecule has 0 radical (unpaired) electrons. The van der Waals surface area contributed by atoms with Crippen LogP contribution in [0.1, 0.15) is 201 Å². The molecule has 0 fully saturated rings. The number of allylic oxidation sites excluding steroid dienone is 26. The topological polar surface area (TPSA) is 78.9 Å². The van der Waals surface area contributed by atoms with Crippen molar-refractivity contribution < 1.29 is 28.6 Å². The van der Waals surface area contributed by atoms with Gasteiger partial charge in [-0.05, 0) is 135 Å². The molecule has 0 bridgehead atoms. The molecule has 0 rings (SSSR count). The number of carbonyl (C=O) groups excluding carboxylic acids is 3. The second-order valence-electron chi connectivity index (χ2n) is 17.0. The summed E-state index contributed by atoms with van der Waals surface area (Å²) < 4.78 is 16.7. The van der Waals surface area contributed by atoms with E-state index < -0.39 is 6.10 Å². The molecule has 0 saturated heterocycles. The second kappa shape index (κ2) is 55.6. The molecule has 0 aliphatic carbocycles. The van der Waals surface area contributed by atoms with Crippen LogP contribution in [0.25, 0.3) is 0 Å². The van der Waals surface area contributed by atoms with Gasteiger partial charge in [-0.15, -0.1) is 0 Å². The maximum absolute atomic E-state index is 12.8. The lowest BCUT2D eigenvalue weighted by Crippen LogP contribution is -2.30. The zero-order valence-corrected chi connectivity index (χ0v) is 43.8. The third-order valence-electron chi connectivity index (χ3n) is 10.5. The lowest BCUT2D eigenvalue weighted by atomic mass is 10.1. The summed E-state index contributed by atoms with van der Waals surface area (Å²) in [5, 5.41) is 0. The van der Waals surface area contributed by atoms with Crippen LogP contribution in [0.2, 0.25) is 0 Å². The van der Waals surface area contributed by atoms with Gasteiger partial charge in [0.1, 0.15) is 13.2 Å². The SMILES string of the molecule is CC/C=C\C/C=C\C/C=C\C/C=C\C/C=C\C/C=C\CCC(=O)OC[C@@H](COC(=O)CCCC/C=C\C/C=C\C/C=C\C/C=C\CC)OC(=O)CCCCCC/C=C\C/C=C\C/C=C\CCCCC. The first-order chi connectivity index (χ1) is 34.0. The quantitative estimate of drug-likeness (QED) is 0.0262. The molecular weight excluding hydrogens is 853 g/mol. The van der Waals surface area contributed by atoms with Crippen LogP contribution in [0, 0.1) is 0 Å². The number of ether oxygens (including phenoxy) is 3. The highest BCUT2D eigenvalue weighted by atomic mass is 16.6. The molecule has 0 aliphatic heterocycles. The zero-order valence-electron chi connectivity index (χ0n) is 43.8. The van der Waals surface area contributed by atoms with Crippen LogP contribution in [-0.4, -0.2) is 37.2 Å². The first-order valence-corrected chi connectivity index (χ1v) is 27.0. The minimum atomic E-state index is -0.846. The molecule has 384 valence electrons. The molecule has 6 heteroatoms. The van der Waals surface area contributed by atoms with E-state index in [1.807, 2.05) is 12.2 Å². The van der Waals surface area contributed by atoms with E-state index in [1.54, 1.807) is 0 Å². The molecule has 0 unspecified atom stereocenters. The monoisotopic (exact) mass is 949 g/mol. The fourth-order valence-electron chi connectivity index (χ4n) is 6.52. The number of unbranched alkanes of at least 4 members (excludes halogenated alkanes) is 9. The predicted octanol–water partition coefficient (Wildman–Crippen LogP) is 18.2. The Labute approximate surface area is 422 Å². The van der Waals surface area contributed by atoms with Crippen LogP contribution in [0.15, 0.2) is 158 Å². The Morgan fingerprint density at radius 1 is 0.304 bits per heavy atom. The Balaban J connectivity index is 4.64. The van der Waals surface area contributed by atoms with Crippen molar-refractivity contribution in [2.24, 2.45) is 0 Å². The molecule has 0 spiro atoms. The summed E-state index contributed by atoms with van der Waals surface area (Å²) in [5.74, 6) is -1.10. The summed E-state index contributed by atoms with van der Waals surface area (Å²) in [4.78, 5) is 38.0. The first-order valence-electron chi connectivity index (χ1n) is 27.0. The maximum Gasteiger partial charge on any atom is 0.306 e. The number of esters is 3. The van der Waals surface area contributed by atoms with Gasteiger partial charge in [-0.2, -0.15) is 0 Å². The van der Waals surface area contributed by atoms with E-state index in [1.165, 1.54) is 25.7 Å². The molecule has 0 saturated carbocycles. The normalized spacial score (nSPS) is 13.4. The van der Waals surface area contributed by atoms with Crippen molar-refractivity contribution in [2.45, 2.75) is 207 Å². The number of rotatable bonds is 46. The number of carbonyl (C=O) groups is 3. The highest BCUT2D eigenvalue weighted by Gasteiger charge is 2.19. The van der Waals surface area contributed by atoms with E-state index in [0.717, 1.165) is 122 Å². The second-order valence-corrected chi connectivity index (χ2v) is 17.0. The molecule has 0 heterocycles. The third-order valence-corrected chi connectivity index (χ3v) is 10.5. The minimum Gasteiger partial charge on any atom is -0.462 e. The lowest BCUT2D eigenvalue weighted by molar-refractivity contribution is -0.166. The molecule has 0 aromatic carbocycles. The molecule has 1 atom stereocenters. The Bertz CT molecular complexity index is 1610. The van der Waals surface area contributed by atoms with E-state index in [-0.39, 0.29) is 50.4 Å². The highest BCUT2D eigenvalue weighted by Crippen LogP contribution is 2.11. The molecular formula is C63H96O6. The predicted molar refractivity (Wildman–Crippen MR) is 297 cm³/mol. The van der Waals surface area contributed by atoms with Gasteiger partial charge in [0.05, 0.1) is 0 Å². The van der Waals surface area contributed by atoms with E-state index >= 15 is 0 Å². The Morgan fingerprint density at radius 3 is 0.986 bits per heavy atom. The molecule has 0 amide bonds. The van der Waals surface area contributed by atoms with E-state index in [2.05, 4.69) is 167 Å². The molecule has 0 aromatic heterocycles.